The van der Waals surface area contributed by atoms with E-state index in [1.54, 1.807) is 6.26 Å². The average Bonchev–Trinajstić information content (AvgIpc) is 2.74. The second-order valence-electron chi connectivity index (χ2n) is 4.85. The molecule has 0 amide bonds. The Morgan fingerprint density at radius 3 is 2.71 bits per heavy atom. The van der Waals surface area contributed by atoms with Gasteiger partial charge in [0.15, 0.2) is 0 Å². The maximum Gasteiger partial charge on any atom is 0.107 e. The number of rotatable bonds is 9. The van der Waals surface area contributed by atoms with Gasteiger partial charge in [0.1, 0.15) is 5.76 Å². The predicted molar refractivity (Wildman–Crippen MR) is 72.1 cm³/mol. The van der Waals surface area contributed by atoms with Gasteiger partial charge in [0.2, 0.25) is 0 Å². The molecule has 0 aliphatic carbocycles. The third-order valence-corrected chi connectivity index (χ3v) is 2.73. The molecule has 3 heteroatoms. The summed E-state index contributed by atoms with van der Waals surface area (Å²) in [7, 11) is 0. The fourth-order valence-corrected chi connectivity index (χ4v) is 1.79. The van der Waals surface area contributed by atoms with E-state index in [0.29, 0.717) is 0 Å². The first-order chi connectivity index (χ1) is 8.24. The van der Waals surface area contributed by atoms with E-state index in [9.17, 15) is 0 Å². The summed E-state index contributed by atoms with van der Waals surface area (Å²) in [4.78, 5) is 0. The van der Waals surface area contributed by atoms with Gasteiger partial charge in [0.05, 0.1) is 6.26 Å². The fourth-order valence-electron chi connectivity index (χ4n) is 1.79. The summed E-state index contributed by atoms with van der Waals surface area (Å²) in [6, 6.07) is 2.06. The van der Waals surface area contributed by atoms with E-state index < -0.39 is 0 Å². The molecule has 0 saturated carbocycles. The van der Waals surface area contributed by atoms with Gasteiger partial charge in [-0.1, -0.05) is 20.8 Å². The molecule has 98 valence electrons. The summed E-state index contributed by atoms with van der Waals surface area (Å²) in [6.07, 6.45) is 3.92. The SMILES string of the molecule is CCc1occc1CNCCCNCC(C)C. The van der Waals surface area contributed by atoms with Crippen LogP contribution in [0.25, 0.3) is 0 Å². The molecule has 0 spiro atoms. The van der Waals surface area contributed by atoms with Crippen molar-refractivity contribution in [2.75, 3.05) is 19.6 Å². The zero-order valence-electron chi connectivity index (χ0n) is 11.4. The van der Waals surface area contributed by atoms with E-state index in [4.69, 9.17) is 4.42 Å². The van der Waals surface area contributed by atoms with Crippen LogP contribution in [0.5, 0.6) is 0 Å². The van der Waals surface area contributed by atoms with Gasteiger partial charge in [-0.2, -0.15) is 0 Å². The molecule has 2 N–H and O–H groups in total. The van der Waals surface area contributed by atoms with Crippen LogP contribution in [-0.2, 0) is 13.0 Å². The molecule has 0 aliphatic heterocycles. The summed E-state index contributed by atoms with van der Waals surface area (Å²) >= 11 is 0. The minimum Gasteiger partial charge on any atom is -0.469 e. The van der Waals surface area contributed by atoms with E-state index in [1.165, 1.54) is 12.0 Å². The molecule has 0 radical (unpaired) electrons. The second kappa shape index (κ2) is 8.31. The first-order valence-corrected chi connectivity index (χ1v) is 6.70. The quantitative estimate of drug-likeness (QED) is 0.649. The van der Waals surface area contributed by atoms with E-state index in [0.717, 1.165) is 44.3 Å². The van der Waals surface area contributed by atoms with Gasteiger partial charge < -0.3 is 15.1 Å². The van der Waals surface area contributed by atoms with Crippen LogP contribution < -0.4 is 10.6 Å². The van der Waals surface area contributed by atoms with Crippen molar-refractivity contribution in [3.05, 3.63) is 23.7 Å². The number of furan rings is 1. The molecule has 0 aromatic carbocycles. The molecule has 1 heterocycles. The lowest BCUT2D eigenvalue weighted by Crippen LogP contribution is -2.24. The topological polar surface area (TPSA) is 37.2 Å². The number of nitrogens with one attached hydrogen (secondary N) is 2. The first kappa shape index (κ1) is 14.3. The number of aryl methyl sites for hydroxylation is 1. The van der Waals surface area contributed by atoms with Gasteiger partial charge in [-0.25, -0.2) is 0 Å². The predicted octanol–water partition coefficient (Wildman–Crippen LogP) is 2.57. The lowest BCUT2D eigenvalue weighted by atomic mass is 10.2. The summed E-state index contributed by atoms with van der Waals surface area (Å²) in [5.41, 5.74) is 1.29. The Labute approximate surface area is 105 Å². The summed E-state index contributed by atoms with van der Waals surface area (Å²) in [5.74, 6) is 1.84. The maximum absolute atomic E-state index is 5.38. The summed E-state index contributed by atoms with van der Waals surface area (Å²) in [5, 5.41) is 6.89. The Hall–Kier alpha value is -0.800. The summed E-state index contributed by atoms with van der Waals surface area (Å²) in [6.45, 7) is 10.8. The molecule has 1 aromatic heterocycles. The third-order valence-electron chi connectivity index (χ3n) is 2.73. The Morgan fingerprint density at radius 2 is 2.00 bits per heavy atom. The lowest BCUT2D eigenvalue weighted by Gasteiger charge is -2.08. The van der Waals surface area contributed by atoms with Crippen LogP contribution in [0.2, 0.25) is 0 Å². The Kier molecular flexibility index (Phi) is 6.97. The fraction of sp³-hybridized carbons (Fsp3) is 0.714. The molecule has 0 atom stereocenters. The van der Waals surface area contributed by atoms with Gasteiger partial charge in [-0.05, 0) is 38.0 Å². The standard InChI is InChI=1S/C14H26N2O/c1-4-14-13(6-9-17-14)11-16-8-5-7-15-10-12(2)3/h6,9,12,15-16H,4-5,7-8,10-11H2,1-3H3. The number of hydrogen-bond donors (Lipinski definition) is 2. The van der Waals surface area contributed by atoms with Crippen LogP contribution in [0.3, 0.4) is 0 Å². The van der Waals surface area contributed by atoms with Crippen molar-refractivity contribution in [3.63, 3.8) is 0 Å². The average molecular weight is 238 g/mol. The molecule has 1 rings (SSSR count). The summed E-state index contributed by atoms with van der Waals surface area (Å²) < 4.78 is 5.38. The Balaban J connectivity index is 2.01. The normalized spacial score (nSPS) is 11.3. The Bertz CT molecular complexity index is 294. The highest BCUT2D eigenvalue weighted by Gasteiger charge is 2.02. The second-order valence-corrected chi connectivity index (χ2v) is 4.85. The van der Waals surface area contributed by atoms with Crippen LogP contribution >= 0.6 is 0 Å². The highest BCUT2D eigenvalue weighted by atomic mass is 16.3. The molecular weight excluding hydrogens is 212 g/mol. The molecule has 0 aliphatic rings. The van der Waals surface area contributed by atoms with Gasteiger partial charge in [0.25, 0.3) is 0 Å². The van der Waals surface area contributed by atoms with Crippen LogP contribution in [0.1, 0.15) is 38.5 Å². The smallest absolute Gasteiger partial charge is 0.107 e. The maximum atomic E-state index is 5.38. The van der Waals surface area contributed by atoms with Crippen LogP contribution in [0.4, 0.5) is 0 Å². The van der Waals surface area contributed by atoms with Gasteiger partial charge in [-0.15, -0.1) is 0 Å². The molecule has 0 saturated heterocycles. The molecule has 1 aromatic rings. The van der Waals surface area contributed by atoms with Crippen molar-refractivity contribution in [3.8, 4) is 0 Å². The van der Waals surface area contributed by atoms with E-state index in [2.05, 4.69) is 37.5 Å². The monoisotopic (exact) mass is 238 g/mol. The van der Waals surface area contributed by atoms with Crippen molar-refractivity contribution in [1.82, 2.24) is 10.6 Å². The van der Waals surface area contributed by atoms with Crippen molar-refractivity contribution in [2.45, 2.75) is 40.2 Å². The van der Waals surface area contributed by atoms with Crippen molar-refractivity contribution >= 4 is 0 Å². The highest BCUT2D eigenvalue weighted by molar-refractivity contribution is 5.16. The molecule has 0 fully saturated rings. The van der Waals surface area contributed by atoms with Gasteiger partial charge >= 0.3 is 0 Å². The molecule has 0 bridgehead atoms. The van der Waals surface area contributed by atoms with Crippen LogP contribution in [-0.4, -0.2) is 19.6 Å². The molecule has 0 unspecified atom stereocenters. The van der Waals surface area contributed by atoms with Gasteiger partial charge in [0, 0.05) is 18.5 Å². The molecular formula is C14H26N2O. The minimum absolute atomic E-state index is 0.737. The zero-order valence-corrected chi connectivity index (χ0v) is 11.4. The van der Waals surface area contributed by atoms with E-state index >= 15 is 0 Å². The van der Waals surface area contributed by atoms with E-state index in [-0.39, 0.29) is 0 Å². The first-order valence-electron chi connectivity index (χ1n) is 6.70. The van der Waals surface area contributed by atoms with Crippen LogP contribution in [0, 0.1) is 5.92 Å². The van der Waals surface area contributed by atoms with Crippen molar-refractivity contribution < 1.29 is 4.42 Å². The van der Waals surface area contributed by atoms with Gasteiger partial charge in [-0.3, -0.25) is 0 Å². The van der Waals surface area contributed by atoms with E-state index in [1.807, 2.05) is 0 Å². The molecule has 3 nitrogen and oxygen atoms in total. The lowest BCUT2D eigenvalue weighted by molar-refractivity contribution is 0.504. The Morgan fingerprint density at radius 1 is 1.24 bits per heavy atom. The largest absolute Gasteiger partial charge is 0.469 e. The minimum atomic E-state index is 0.737. The van der Waals surface area contributed by atoms with Crippen LogP contribution in [0.15, 0.2) is 16.7 Å². The highest BCUT2D eigenvalue weighted by Crippen LogP contribution is 2.10. The third kappa shape index (κ3) is 5.89. The van der Waals surface area contributed by atoms with Crippen molar-refractivity contribution in [2.24, 2.45) is 5.92 Å². The zero-order chi connectivity index (χ0) is 12.5. The van der Waals surface area contributed by atoms with Crippen molar-refractivity contribution in [1.29, 1.82) is 0 Å². The molecule has 17 heavy (non-hydrogen) atoms. The number of hydrogen-bond acceptors (Lipinski definition) is 3.